The number of phosphoric acid groups is 1. The number of piperazine rings is 1. The Morgan fingerprint density at radius 2 is 1.95 bits per heavy atom. The molecule has 1 heterocycles. The van der Waals surface area contributed by atoms with E-state index in [2.05, 4.69) is 5.32 Å². The molecule has 1 fully saturated rings. The van der Waals surface area contributed by atoms with Gasteiger partial charge in [-0.25, -0.2) is 13.0 Å². The summed E-state index contributed by atoms with van der Waals surface area (Å²) in [6.45, 7) is 2.13. The molecule has 2 atom stereocenters. The first-order chi connectivity index (χ1) is 10.1. The van der Waals surface area contributed by atoms with E-state index in [1.807, 2.05) is 0 Å². The van der Waals surface area contributed by atoms with E-state index in [9.17, 15) is 13.0 Å². The molecule has 0 aliphatic carbocycles. The van der Waals surface area contributed by atoms with Crippen LogP contribution in [0.25, 0.3) is 0 Å². The van der Waals surface area contributed by atoms with Crippen LogP contribution in [-0.4, -0.2) is 54.3 Å². The lowest BCUT2D eigenvalue weighted by molar-refractivity contribution is -0.00644. The van der Waals surface area contributed by atoms with Crippen molar-refractivity contribution >= 4 is 17.7 Å². The van der Waals surface area contributed by atoms with E-state index in [4.69, 9.17) is 14.3 Å². The molecule has 1 aliphatic rings. The van der Waals surface area contributed by atoms with Crippen molar-refractivity contribution in [3.05, 3.63) is 30.3 Å². The lowest BCUT2D eigenvalue weighted by atomic mass is 10.2. The van der Waals surface area contributed by atoms with E-state index >= 15 is 0 Å². The molecule has 1 aliphatic heterocycles. The number of hydrogen-bond donors (Lipinski definition) is 3. The second kappa shape index (κ2) is 6.01. The van der Waals surface area contributed by atoms with Gasteiger partial charge in [0, 0.05) is 13.1 Å². The third-order valence-electron chi connectivity index (χ3n) is 3.86. The van der Waals surface area contributed by atoms with Gasteiger partial charge >= 0.3 is 7.82 Å². The largest absolute Gasteiger partial charge is 0.471 e. The van der Waals surface area contributed by atoms with Crippen molar-refractivity contribution in [3.63, 3.8) is 0 Å². The maximum absolute atomic E-state index is 13.0. The highest BCUT2D eigenvalue weighted by atomic mass is 32.2. The molecule has 0 amide bonds. The molecule has 0 radical (unpaired) electrons. The third-order valence-corrected chi connectivity index (χ3v) is 6.85. The quantitative estimate of drug-likeness (QED) is 0.657. The number of benzene rings is 1. The molecule has 1 aromatic rings. The fourth-order valence-electron chi connectivity index (χ4n) is 2.43. The number of hydrogen-bond acceptors (Lipinski definition) is 6. The highest BCUT2D eigenvalue weighted by molar-refractivity contribution is 7.92. The zero-order chi connectivity index (χ0) is 16.6. The number of sulfone groups is 1. The summed E-state index contributed by atoms with van der Waals surface area (Å²) < 4.78 is 41.9. The van der Waals surface area contributed by atoms with Crippen molar-refractivity contribution in [2.24, 2.45) is 0 Å². The normalized spacial score (nSPS) is 27.7. The van der Waals surface area contributed by atoms with Crippen molar-refractivity contribution in [2.45, 2.75) is 22.9 Å². The van der Waals surface area contributed by atoms with Crippen LogP contribution in [-0.2, 0) is 18.9 Å². The van der Waals surface area contributed by atoms with Crippen molar-refractivity contribution in [3.8, 4) is 0 Å². The summed E-state index contributed by atoms with van der Waals surface area (Å²) in [4.78, 5) is 18.0. The minimum atomic E-state index is -4.86. The maximum atomic E-state index is 13.0. The molecule has 1 aromatic carbocycles. The average Bonchev–Trinajstić information content (AvgIpc) is 2.43. The van der Waals surface area contributed by atoms with Gasteiger partial charge in [0.25, 0.3) is 0 Å². The molecule has 0 spiro atoms. The van der Waals surface area contributed by atoms with Crippen molar-refractivity contribution in [1.29, 1.82) is 0 Å². The fraction of sp³-hybridized carbons (Fsp3) is 0.500. The molecular weight excluding hydrogens is 331 g/mol. The van der Waals surface area contributed by atoms with Gasteiger partial charge in [0.1, 0.15) is 0 Å². The van der Waals surface area contributed by atoms with Crippen LogP contribution in [0.4, 0.5) is 0 Å². The van der Waals surface area contributed by atoms with Gasteiger partial charge in [-0.1, -0.05) is 18.2 Å². The van der Waals surface area contributed by atoms with Crippen molar-refractivity contribution in [2.75, 3.05) is 20.1 Å². The Bertz CT molecular complexity index is 676. The van der Waals surface area contributed by atoms with Crippen molar-refractivity contribution < 1.29 is 27.3 Å². The Morgan fingerprint density at radius 1 is 1.36 bits per heavy atom. The van der Waals surface area contributed by atoms with E-state index in [1.54, 1.807) is 25.2 Å². The summed E-state index contributed by atoms with van der Waals surface area (Å²) in [5, 5.41) is 2.74. The van der Waals surface area contributed by atoms with E-state index in [0.29, 0.717) is 13.1 Å². The van der Waals surface area contributed by atoms with Crippen LogP contribution in [0, 0.1) is 0 Å². The first-order valence-corrected chi connectivity index (χ1v) is 9.58. The summed E-state index contributed by atoms with van der Waals surface area (Å²) >= 11 is 0. The van der Waals surface area contributed by atoms with Gasteiger partial charge in [-0.15, -0.1) is 0 Å². The minimum absolute atomic E-state index is 0.0624. The van der Waals surface area contributed by atoms with Gasteiger partial charge in [0.2, 0.25) is 9.84 Å². The Hall–Kier alpha value is -0.800. The Balaban J connectivity index is 2.52. The lowest BCUT2D eigenvalue weighted by Gasteiger charge is -2.46. The summed E-state index contributed by atoms with van der Waals surface area (Å²) in [7, 11) is -7.21. The van der Waals surface area contributed by atoms with Crippen LogP contribution >= 0.6 is 7.82 Å². The molecule has 124 valence electrons. The van der Waals surface area contributed by atoms with Gasteiger partial charge in [-0.05, 0) is 26.1 Å². The van der Waals surface area contributed by atoms with Gasteiger partial charge in [0.15, 0.2) is 11.1 Å². The van der Waals surface area contributed by atoms with E-state index in [1.165, 1.54) is 24.0 Å². The molecule has 3 N–H and O–H groups in total. The van der Waals surface area contributed by atoms with Gasteiger partial charge in [-0.2, -0.15) is 0 Å². The predicted molar refractivity (Wildman–Crippen MR) is 79.6 cm³/mol. The van der Waals surface area contributed by atoms with E-state index in [0.717, 1.165) is 0 Å². The van der Waals surface area contributed by atoms with Gasteiger partial charge in [0.05, 0.1) is 4.90 Å². The van der Waals surface area contributed by atoms with Crippen LogP contribution in [0.5, 0.6) is 0 Å². The monoisotopic (exact) mass is 350 g/mol. The minimum Gasteiger partial charge on any atom is -0.303 e. The molecule has 2 unspecified atom stereocenters. The first-order valence-electron chi connectivity index (χ1n) is 6.57. The van der Waals surface area contributed by atoms with Gasteiger partial charge < -0.3 is 9.79 Å². The number of nitrogens with zero attached hydrogens (tertiary/aromatic N) is 1. The Labute approximate surface area is 129 Å². The fourth-order valence-corrected chi connectivity index (χ4v) is 4.96. The SMILES string of the molecule is CN1CCNC(OP(=O)(O)O)C1(C)S(=O)(=O)c1ccccc1. The molecule has 22 heavy (non-hydrogen) atoms. The van der Waals surface area contributed by atoms with Crippen LogP contribution in [0.3, 0.4) is 0 Å². The molecular formula is C12H19N2O6PS. The van der Waals surface area contributed by atoms with Crippen molar-refractivity contribution in [1.82, 2.24) is 10.2 Å². The number of nitrogens with one attached hydrogen (secondary N) is 1. The number of rotatable bonds is 4. The highest BCUT2D eigenvalue weighted by Gasteiger charge is 2.54. The molecule has 8 nitrogen and oxygen atoms in total. The number of likely N-dealkylation sites (N-methyl/N-ethyl adjacent to an activating group) is 1. The highest BCUT2D eigenvalue weighted by Crippen LogP contribution is 2.43. The summed E-state index contributed by atoms with van der Waals surface area (Å²) in [6, 6.07) is 7.75. The average molecular weight is 350 g/mol. The first kappa shape index (κ1) is 17.6. The topological polar surface area (TPSA) is 116 Å². The zero-order valence-corrected chi connectivity index (χ0v) is 13.9. The van der Waals surface area contributed by atoms with E-state index in [-0.39, 0.29) is 4.90 Å². The molecule has 2 rings (SSSR count). The maximum Gasteiger partial charge on any atom is 0.471 e. The second-order valence-corrected chi connectivity index (χ2v) is 8.72. The molecule has 0 bridgehead atoms. The standard InChI is InChI=1S/C12H19N2O6PS/c1-12(22(18,19)10-6-4-3-5-7-10)11(20-21(15,16)17)13-8-9-14(12)2/h3-7,11,13H,8-9H2,1-2H3,(H2,15,16,17). The molecule has 10 heteroatoms. The van der Waals surface area contributed by atoms with Crippen LogP contribution in [0.1, 0.15) is 6.92 Å². The summed E-state index contributed by atoms with van der Waals surface area (Å²) in [5.41, 5.74) is 0. The van der Waals surface area contributed by atoms with E-state index < -0.39 is 28.8 Å². The molecule has 1 saturated heterocycles. The zero-order valence-electron chi connectivity index (χ0n) is 12.2. The Kier molecular flexibility index (Phi) is 4.79. The second-order valence-electron chi connectivity index (χ2n) is 5.22. The van der Waals surface area contributed by atoms with Crippen LogP contribution in [0.2, 0.25) is 0 Å². The predicted octanol–water partition coefficient (Wildman–Crippen LogP) is 0.147. The number of phosphoric ester groups is 1. The smallest absolute Gasteiger partial charge is 0.303 e. The molecule has 0 aromatic heterocycles. The van der Waals surface area contributed by atoms with Crippen LogP contribution in [0.15, 0.2) is 35.2 Å². The summed E-state index contributed by atoms with van der Waals surface area (Å²) in [6.07, 6.45) is -1.36. The molecule has 0 saturated carbocycles. The summed E-state index contributed by atoms with van der Waals surface area (Å²) in [5.74, 6) is 0. The Morgan fingerprint density at radius 3 is 2.50 bits per heavy atom. The third kappa shape index (κ3) is 3.11. The van der Waals surface area contributed by atoms with Gasteiger partial charge in [-0.3, -0.25) is 14.7 Å². The lowest BCUT2D eigenvalue weighted by Crippen LogP contribution is -2.68. The van der Waals surface area contributed by atoms with Crippen LogP contribution < -0.4 is 5.32 Å².